The summed E-state index contributed by atoms with van der Waals surface area (Å²) < 4.78 is 15.8. The number of hydrogen-bond acceptors (Lipinski definition) is 5. The van der Waals surface area contributed by atoms with Gasteiger partial charge in [-0.05, 0) is 18.6 Å². The van der Waals surface area contributed by atoms with E-state index in [2.05, 4.69) is 5.16 Å². The molecule has 2 N–H and O–H groups in total. The Balaban J connectivity index is 2.62. The molecule has 5 heteroatoms. The van der Waals surface area contributed by atoms with E-state index in [1.54, 1.807) is 20.3 Å². The Morgan fingerprint density at radius 2 is 1.88 bits per heavy atom. The topological polar surface area (TPSA) is 70.5 Å². The van der Waals surface area contributed by atoms with Crippen LogP contribution in [0, 0.1) is 6.92 Å². The lowest BCUT2D eigenvalue weighted by Gasteiger charge is -2.13. The minimum Gasteiger partial charge on any atom is -0.493 e. The van der Waals surface area contributed by atoms with Gasteiger partial charge in [-0.25, -0.2) is 0 Å². The summed E-state index contributed by atoms with van der Waals surface area (Å²) in [6, 6.07) is 5.46. The second-order valence-electron chi connectivity index (χ2n) is 3.61. The summed E-state index contributed by atoms with van der Waals surface area (Å²) in [6.45, 7) is 1.94. The largest absolute Gasteiger partial charge is 0.493 e. The summed E-state index contributed by atoms with van der Waals surface area (Å²) in [5.41, 5.74) is 7.28. The molecule has 0 unspecified atom stereocenters. The van der Waals surface area contributed by atoms with Crippen LogP contribution >= 0.6 is 0 Å². The van der Waals surface area contributed by atoms with Gasteiger partial charge in [0.05, 0.1) is 19.8 Å². The molecular formula is C12H14N2O3. The van der Waals surface area contributed by atoms with Gasteiger partial charge in [-0.2, -0.15) is 0 Å². The summed E-state index contributed by atoms with van der Waals surface area (Å²) in [5.74, 6) is 2.18. The fraction of sp³-hybridized carbons (Fsp3) is 0.250. The molecule has 0 bridgehead atoms. The van der Waals surface area contributed by atoms with Gasteiger partial charge in [-0.1, -0.05) is 11.2 Å². The van der Waals surface area contributed by atoms with E-state index in [4.69, 9.17) is 19.7 Å². The molecule has 0 atom stereocenters. The van der Waals surface area contributed by atoms with Crippen LogP contribution in [0.1, 0.15) is 5.56 Å². The van der Waals surface area contributed by atoms with Gasteiger partial charge in [0.1, 0.15) is 0 Å². The lowest BCUT2D eigenvalue weighted by molar-refractivity contribution is 0.352. The minimum atomic E-state index is 0.335. The molecule has 0 radical (unpaired) electrons. The van der Waals surface area contributed by atoms with Crippen LogP contribution in [-0.2, 0) is 0 Å². The molecule has 0 fully saturated rings. The van der Waals surface area contributed by atoms with E-state index in [-0.39, 0.29) is 0 Å². The number of anilines is 1. The van der Waals surface area contributed by atoms with Gasteiger partial charge in [0.25, 0.3) is 0 Å². The number of rotatable bonds is 3. The van der Waals surface area contributed by atoms with Crippen molar-refractivity contribution in [3.8, 4) is 22.8 Å². The van der Waals surface area contributed by atoms with Crippen molar-refractivity contribution in [1.29, 1.82) is 0 Å². The predicted octanol–water partition coefficient (Wildman–Crippen LogP) is 2.25. The normalized spacial score (nSPS) is 10.3. The predicted molar refractivity (Wildman–Crippen MR) is 64.2 cm³/mol. The highest BCUT2D eigenvalue weighted by Crippen LogP contribution is 2.40. The van der Waals surface area contributed by atoms with Crippen LogP contribution in [0.2, 0.25) is 0 Å². The third kappa shape index (κ3) is 1.91. The van der Waals surface area contributed by atoms with Crippen molar-refractivity contribution >= 4 is 5.82 Å². The van der Waals surface area contributed by atoms with E-state index in [0.717, 1.165) is 11.1 Å². The second kappa shape index (κ2) is 4.37. The van der Waals surface area contributed by atoms with Crippen LogP contribution in [0.25, 0.3) is 11.3 Å². The van der Waals surface area contributed by atoms with Gasteiger partial charge in [-0.3, -0.25) is 0 Å². The van der Waals surface area contributed by atoms with Crippen LogP contribution < -0.4 is 15.2 Å². The zero-order valence-electron chi connectivity index (χ0n) is 9.98. The molecule has 5 nitrogen and oxygen atoms in total. The first-order valence-corrected chi connectivity index (χ1v) is 5.11. The second-order valence-corrected chi connectivity index (χ2v) is 3.61. The maximum absolute atomic E-state index is 5.53. The zero-order chi connectivity index (χ0) is 12.4. The summed E-state index contributed by atoms with van der Waals surface area (Å²) in [4.78, 5) is 0. The Labute approximate surface area is 99.1 Å². The van der Waals surface area contributed by atoms with Gasteiger partial charge < -0.3 is 19.7 Å². The number of ether oxygens (including phenoxy) is 2. The molecule has 0 spiro atoms. The maximum Gasteiger partial charge on any atom is 0.172 e. The first-order chi connectivity index (χ1) is 8.17. The molecule has 0 amide bonds. The van der Waals surface area contributed by atoms with E-state index >= 15 is 0 Å². The summed E-state index contributed by atoms with van der Waals surface area (Å²) in [7, 11) is 3.18. The van der Waals surface area contributed by atoms with Crippen LogP contribution in [0.5, 0.6) is 11.5 Å². The molecule has 0 aliphatic rings. The van der Waals surface area contributed by atoms with E-state index in [1.807, 2.05) is 19.1 Å². The molecule has 0 aliphatic heterocycles. The Morgan fingerprint density at radius 3 is 2.41 bits per heavy atom. The van der Waals surface area contributed by atoms with E-state index in [1.165, 1.54) is 0 Å². The third-order valence-corrected chi connectivity index (χ3v) is 2.51. The molecule has 0 saturated heterocycles. The van der Waals surface area contributed by atoms with Crippen LogP contribution in [0.15, 0.2) is 22.7 Å². The number of nitrogens with two attached hydrogens (primary N) is 1. The van der Waals surface area contributed by atoms with Gasteiger partial charge in [0.2, 0.25) is 0 Å². The Hall–Kier alpha value is -2.17. The fourth-order valence-electron chi connectivity index (χ4n) is 1.73. The Kier molecular flexibility index (Phi) is 2.91. The standard InChI is InChI=1S/C12H14N2O3/c1-7-4-5-8(9-6-10(13)14-17-9)12(16-3)11(7)15-2/h4-6H,1-3H3,(H2,13,14). The first-order valence-electron chi connectivity index (χ1n) is 5.11. The monoisotopic (exact) mass is 234 g/mol. The zero-order valence-corrected chi connectivity index (χ0v) is 9.98. The Morgan fingerprint density at radius 1 is 1.18 bits per heavy atom. The molecule has 17 heavy (non-hydrogen) atoms. The lowest BCUT2D eigenvalue weighted by atomic mass is 10.1. The van der Waals surface area contributed by atoms with E-state index < -0.39 is 0 Å². The quantitative estimate of drug-likeness (QED) is 0.881. The van der Waals surface area contributed by atoms with Crippen LogP contribution in [0.4, 0.5) is 5.82 Å². The summed E-state index contributed by atoms with van der Waals surface area (Å²) in [5, 5.41) is 3.65. The van der Waals surface area contributed by atoms with Gasteiger partial charge in [0, 0.05) is 6.07 Å². The van der Waals surface area contributed by atoms with Crippen LogP contribution in [0.3, 0.4) is 0 Å². The third-order valence-electron chi connectivity index (χ3n) is 2.51. The number of aryl methyl sites for hydroxylation is 1. The maximum atomic E-state index is 5.53. The van der Waals surface area contributed by atoms with Crippen molar-refractivity contribution < 1.29 is 14.0 Å². The molecule has 90 valence electrons. The average Bonchev–Trinajstić information content (AvgIpc) is 2.75. The van der Waals surface area contributed by atoms with Crippen molar-refractivity contribution in [1.82, 2.24) is 5.16 Å². The minimum absolute atomic E-state index is 0.335. The average molecular weight is 234 g/mol. The molecule has 1 aromatic carbocycles. The molecule has 0 aliphatic carbocycles. The number of hydrogen-bond donors (Lipinski definition) is 1. The lowest BCUT2D eigenvalue weighted by Crippen LogP contribution is -1.95. The van der Waals surface area contributed by atoms with Crippen molar-refractivity contribution in [3.63, 3.8) is 0 Å². The van der Waals surface area contributed by atoms with E-state index in [9.17, 15) is 0 Å². The SMILES string of the molecule is COc1c(C)ccc(-c2cc(N)no2)c1OC. The fourth-order valence-corrected chi connectivity index (χ4v) is 1.73. The number of aromatic nitrogens is 1. The number of benzene rings is 1. The first kappa shape index (κ1) is 11.3. The Bertz CT molecular complexity index is 535. The molecule has 1 aromatic heterocycles. The van der Waals surface area contributed by atoms with Gasteiger partial charge in [0.15, 0.2) is 23.1 Å². The van der Waals surface area contributed by atoms with Gasteiger partial charge in [-0.15, -0.1) is 0 Å². The molecule has 2 aromatic rings. The smallest absolute Gasteiger partial charge is 0.172 e. The highest BCUT2D eigenvalue weighted by atomic mass is 16.5. The van der Waals surface area contributed by atoms with E-state index in [0.29, 0.717) is 23.1 Å². The summed E-state index contributed by atoms with van der Waals surface area (Å²) in [6.07, 6.45) is 0. The van der Waals surface area contributed by atoms with Crippen molar-refractivity contribution in [2.75, 3.05) is 20.0 Å². The molecule has 0 saturated carbocycles. The summed E-state index contributed by atoms with van der Waals surface area (Å²) >= 11 is 0. The number of nitrogens with zero attached hydrogens (tertiary/aromatic N) is 1. The molecular weight excluding hydrogens is 220 g/mol. The number of methoxy groups -OCH3 is 2. The molecule has 1 heterocycles. The highest BCUT2D eigenvalue weighted by molar-refractivity contribution is 5.72. The van der Waals surface area contributed by atoms with Crippen LogP contribution in [-0.4, -0.2) is 19.4 Å². The highest BCUT2D eigenvalue weighted by Gasteiger charge is 2.17. The van der Waals surface area contributed by atoms with Crippen molar-refractivity contribution in [2.24, 2.45) is 0 Å². The van der Waals surface area contributed by atoms with Crippen molar-refractivity contribution in [3.05, 3.63) is 23.8 Å². The molecule has 2 rings (SSSR count). The van der Waals surface area contributed by atoms with Crippen molar-refractivity contribution in [2.45, 2.75) is 6.92 Å². The number of nitrogen functional groups attached to an aromatic ring is 1. The van der Waals surface area contributed by atoms with Gasteiger partial charge >= 0.3 is 0 Å².